The molecule has 1 saturated heterocycles. The van der Waals surface area contributed by atoms with E-state index in [0.717, 1.165) is 13.1 Å². The summed E-state index contributed by atoms with van der Waals surface area (Å²) >= 11 is 0. The van der Waals surface area contributed by atoms with Crippen molar-refractivity contribution in [2.75, 3.05) is 27.2 Å². The van der Waals surface area contributed by atoms with Crippen LogP contribution in [0.1, 0.15) is 6.92 Å². The Morgan fingerprint density at radius 3 is 2.20 bits per heavy atom. The van der Waals surface area contributed by atoms with Crippen LogP contribution in [0.15, 0.2) is 0 Å². The molecule has 1 unspecified atom stereocenters. The van der Waals surface area contributed by atoms with E-state index >= 15 is 0 Å². The highest BCUT2D eigenvalue weighted by molar-refractivity contribution is 4.78. The zero-order valence-corrected chi connectivity index (χ0v) is 6.91. The van der Waals surface area contributed by atoms with Crippen molar-refractivity contribution in [2.45, 2.75) is 19.2 Å². The van der Waals surface area contributed by atoms with Crippen molar-refractivity contribution in [3.05, 3.63) is 0 Å². The van der Waals surface area contributed by atoms with Gasteiger partial charge in [-0.05, 0) is 21.0 Å². The van der Waals surface area contributed by atoms with Gasteiger partial charge in [0, 0.05) is 19.1 Å². The molecular formula is C7H16N2O. The number of aliphatic hydroxyl groups excluding tert-OH is 1. The molecule has 0 aromatic carbocycles. The molecule has 0 radical (unpaired) electrons. The molecule has 0 amide bonds. The smallest absolute Gasteiger partial charge is 0.122 e. The van der Waals surface area contributed by atoms with Gasteiger partial charge in [-0.25, -0.2) is 0 Å². The van der Waals surface area contributed by atoms with Gasteiger partial charge in [-0.2, -0.15) is 0 Å². The first kappa shape index (κ1) is 7.98. The van der Waals surface area contributed by atoms with Crippen LogP contribution in [0, 0.1) is 0 Å². The average Bonchev–Trinajstić information content (AvgIpc) is 1.93. The summed E-state index contributed by atoms with van der Waals surface area (Å²) in [7, 11) is 4.00. The molecule has 0 aromatic heterocycles. The normalized spacial score (nSPS) is 38.4. The van der Waals surface area contributed by atoms with E-state index in [2.05, 4.69) is 4.90 Å². The summed E-state index contributed by atoms with van der Waals surface area (Å²) in [6.07, 6.45) is -0.293. The summed E-state index contributed by atoms with van der Waals surface area (Å²) in [5.41, 5.74) is 0. The van der Waals surface area contributed by atoms with E-state index in [-0.39, 0.29) is 12.3 Å². The van der Waals surface area contributed by atoms with Crippen molar-refractivity contribution in [2.24, 2.45) is 0 Å². The number of hydrogen-bond donors (Lipinski definition) is 1. The molecule has 0 spiro atoms. The van der Waals surface area contributed by atoms with Crippen molar-refractivity contribution >= 4 is 0 Å². The molecule has 10 heavy (non-hydrogen) atoms. The fourth-order valence-electron chi connectivity index (χ4n) is 1.25. The van der Waals surface area contributed by atoms with Gasteiger partial charge < -0.3 is 5.11 Å². The van der Waals surface area contributed by atoms with Gasteiger partial charge in [0.25, 0.3) is 0 Å². The maximum absolute atomic E-state index is 9.50. The molecule has 0 saturated carbocycles. The average molecular weight is 144 g/mol. The lowest BCUT2D eigenvalue weighted by molar-refractivity contribution is -0.0704. The lowest BCUT2D eigenvalue weighted by atomic mass is 10.2. The maximum Gasteiger partial charge on any atom is 0.122 e. The molecule has 60 valence electrons. The molecule has 0 aromatic rings. The van der Waals surface area contributed by atoms with Crippen molar-refractivity contribution in [3.63, 3.8) is 0 Å². The molecule has 1 aliphatic heterocycles. The minimum Gasteiger partial charge on any atom is -0.377 e. The molecule has 3 heteroatoms. The van der Waals surface area contributed by atoms with Gasteiger partial charge in [0.2, 0.25) is 0 Å². The van der Waals surface area contributed by atoms with Gasteiger partial charge in [-0.1, -0.05) is 0 Å². The number of likely N-dealkylation sites (N-methyl/N-ethyl adjacent to an activating group) is 2. The molecule has 3 nitrogen and oxygen atoms in total. The Bertz CT molecular complexity index is 104. The van der Waals surface area contributed by atoms with E-state index in [1.165, 1.54) is 0 Å². The van der Waals surface area contributed by atoms with Crippen molar-refractivity contribution in [3.8, 4) is 0 Å². The maximum atomic E-state index is 9.50. The third kappa shape index (κ3) is 1.31. The predicted molar refractivity (Wildman–Crippen MR) is 40.7 cm³/mol. The Morgan fingerprint density at radius 1 is 1.20 bits per heavy atom. The Kier molecular flexibility index (Phi) is 2.28. The van der Waals surface area contributed by atoms with Crippen molar-refractivity contribution in [1.82, 2.24) is 9.80 Å². The van der Waals surface area contributed by atoms with E-state index in [0.29, 0.717) is 0 Å². The van der Waals surface area contributed by atoms with E-state index in [1.807, 2.05) is 25.9 Å². The first-order valence-electron chi connectivity index (χ1n) is 3.71. The van der Waals surface area contributed by atoms with Crippen LogP contribution in [0.5, 0.6) is 0 Å². The van der Waals surface area contributed by atoms with E-state index < -0.39 is 0 Å². The molecule has 1 fully saturated rings. The quantitative estimate of drug-likeness (QED) is 0.500. The van der Waals surface area contributed by atoms with Gasteiger partial charge in [0.15, 0.2) is 0 Å². The fourth-order valence-corrected chi connectivity index (χ4v) is 1.25. The Labute approximate surface area is 62.2 Å². The predicted octanol–water partition coefficient (Wildman–Crippen LogP) is -0.429. The minimum atomic E-state index is -0.293. The van der Waals surface area contributed by atoms with Crippen LogP contribution in [-0.4, -0.2) is 54.4 Å². The molecule has 1 heterocycles. The third-order valence-electron chi connectivity index (χ3n) is 2.38. The van der Waals surface area contributed by atoms with Gasteiger partial charge in [-0.3, -0.25) is 9.80 Å². The highest BCUT2D eigenvalue weighted by Crippen LogP contribution is 2.10. The third-order valence-corrected chi connectivity index (χ3v) is 2.38. The first-order chi connectivity index (χ1) is 4.63. The summed E-state index contributed by atoms with van der Waals surface area (Å²) in [5, 5.41) is 9.50. The van der Waals surface area contributed by atoms with Crippen LogP contribution in [0.3, 0.4) is 0 Å². The first-order valence-corrected chi connectivity index (χ1v) is 3.71. The second kappa shape index (κ2) is 2.86. The van der Waals surface area contributed by atoms with Gasteiger partial charge in [0.1, 0.15) is 6.23 Å². The van der Waals surface area contributed by atoms with Crippen molar-refractivity contribution < 1.29 is 5.11 Å². The molecule has 2 atom stereocenters. The monoisotopic (exact) mass is 144 g/mol. The number of hydrogen-bond acceptors (Lipinski definition) is 3. The van der Waals surface area contributed by atoms with Crippen LogP contribution in [0.2, 0.25) is 0 Å². The lowest BCUT2D eigenvalue weighted by Crippen LogP contribution is -2.55. The molecule has 1 rings (SSSR count). The SMILES string of the molecule is C[C@H]1C(O)N(C)CCN1C. The summed E-state index contributed by atoms with van der Waals surface area (Å²) in [6, 6.07) is 0.263. The van der Waals surface area contributed by atoms with Crippen LogP contribution in [0.4, 0.5) is 0 Å². The number of piperazine rings is 1. The minimum absolute atomic E-state index is 0.263. The van der Waals surface area contributed by atoms with Crippen LogP contribution in [-0.2, 0) is 0 Å². The Morgan fingerprint density at radius 2 is 1.70 bits per heavy atom. The molecule has 1 aliphatic rings. The summed E-state index contributed by atoms with van der Waals surface area (Å²) in [6.45, 7) is 4.05. The van der Waals surface area contributed by atoms with Crippen molar-refractivity contribution in [1.29, 1.82) is 0 Å². The van der Waals surface area contributed by atoms with Crippen LogP contribution < -0.4 is 0 Å². The molecule has 1 N–H and O–H groups in total. The molecular weight excluding hydrogens is 128 g/mol. The van der Waals surface area contributed by atoms with Crippen LogP contribution >= 0.6 is 0 Å². The topological polar surface area (TPSA) is 26.7 Å². The summed E-state index contributed by atoms with van der Waals surface area (Å²) < 4.78 is 0. The van der Waals surface area contributed by atoms with Crippen LogP contribution in [0.25, 0.3) is 0 Å². The van der Waals surface area contributed by atoms with E-state index in [9.17, 15) is 5.11 Å². The standard InChI is InChI=1S/C7H16N2O/c1-6-7(10)9(3)5-4-8(6)2/h6-7,10H,4-5H2,1-3H3/t6-,7?/m0/s1. The van der Waals surface area contributed by atoms with E-state index in [4.69, 9.17) is 0 Å². The highest BCUT2D eigenvalue weighted by atomic mass is 16.3. The number of rotatable bonds is 0. The summed E-state index contributed by atoms with van der Waals surface area (Å²) in [5.74, 6) is 0. The van der Waals surface area contributed by atoms with Gasteiger partial charge >= 0.3 is 0 Å². The van der Waals surface area contributed by atoms with Gasteiger partial charge in [-0.15, -0.1) is 0 Å². The Balaban J connectivity index is 2.52. The van der Waals surface area contributed by atoms with E-state index in [1.54, 1.807) is 0 Å². The second-order valence-electron chi connectivity index (χ2n) is 3.12. The number of nitrogens with zero attached hydrogens (tertiary/aromatic N) is 2. The molecule has 0 bridgehead atoms. The molecule has 0 aliphatic carbocycles. The number of aliphatic hydroxyl groups is 1. The highest BCUT2D eigenvalue weighted by Gasteiger charge is 2.26. The largest absolute Gasteiger partial charge is 0.377 e. The zero-order chi connectivity index (χ0) is 7.72. The fraction of sp³-hybridized carbons (Fsp3) is 1.00. The lowest BCUT2D eigenvalue weighted by Gasteiger charge is -2.40. The van der Waals surface area contributed by atoms with Gasteiger partial charge in [0.05, 0.1) is 0 Å². The zero-order valence-electron chi connectivity index (χ0n) is 6.91. The summed E-state index contributed by atoms with van der Waals surface area (Å²) in [4.78, 5) is 4.15. The second-order valence-corrected chi connectivity index (χ2v) is 3.12. The Hall–Kier alpha value is -0.120.